The summed E-state index contributed by atoms with van der Waals surface area (Å²) in [5, 5.41) is 11.3. The number of carbonyl (C=O) groups is 2. The van der Waals surface area contributed by atoms with Gasteiger partial charge in [0, 0.05) is 18.7 Å². The van der Waals surface area contributed by atoms with E-state index in [0.717, 1.165) is 23.3 Å². The molecule has 1 atom stereocenters. The van der Waals surface area contributed by atoms with E-state index in [0.29, 0.717) is 37.6 Å². The van der Waals surface area contributed by atoms with Crippen LogP contribution in [0.1, 0.15) is 43.0 Å². The Bertz CT molecular complexity index is 1060. The second-order valence-electron chi connectivity index (χ2n) is 8.62. The van der Waals surface area contributed by atoms with Crippen molar-refractivity contribution in [2.45, 2.75) is 33.2 Å². The minimum absolute atomic E-state index is 0.0956. The second-order valence-corrected chi connectivity index (χ2v) is 8.62. The topological polar surface area (TPSA) is 79.3 Å². The second kappa shape index (κ2) is 11.2. The summed E-state index contributed by atoms with van der Waals surface area (Å²) in [5.41, 5.74) is 2.09. The van der Waals surface area contributed by atoms with E-state index in [2.05, 4.69) is 0 Å². The van der Waals surface area contributed by atoms with Gasteiger partial charge in [0.15, 0.2) is 0 Å². The lowest BCUT2D eigenvalue weighted by Crippen LogP contribution is -2.35. The van der Waals surface area contributed by atoms with Gasteiger partial charge in [0.05, 0.1) is 24.8 Å². The van der Waals surface area contributed by atoms with Gasteiger partial charge in [-0.05, 0) is 75.8 Å². The number of rotatable bonds is 10. The Morgan fingerprint density at radius 3 is 2.29 bits per heavy atom. The summed E-state index contributed by atoms with van der Waals surface area (Å²) in [4.78, 5) is 29.7. The maximum absolute atomic E-state index is 13.2. The molecule has 0 aromatic heterocycles. The van der Waals surface area contributed by atoms with Gasteiger partial charge in [-0.25, -0.2) is 0 Å². The number of likely N-dealkylation sites (tertiary alicyclic amines) is 1. The first-order valence-electron chi connectivity index (χ1n) is 11.7. The van der Waals surface area contributed by atoms with Crippen LogP contribution in [-0.2, 0) is 9.59 Å². The first-order chi connectivity index (χ1) is 16.3. The first kappa shape index (κ1) is 25.3. The fourth-order valence-electron chi connectivity index (χ4n) is 4.03. The van der Waals surface area contributed by atoms with Gasteiger partial charge in [0.25, 0.3) is 11.7 Å². The molecule has 34 heavy (non-hydrogen) atoms. The fraction of sp³-hybridized carbons (Fsp3) is 0.407. The van der Waals surface area contributed by atoms with Crippen LogP contribution in [0.15, 0.2) is 48.0 Å². The number of amides is 1. The van der Waals surface area contributed by atoms with Crippen LogP contribution in [0, 0.1) is 6.92 Å². The van der Waals surface area contributed by atoms with Gasteiger partial charge in [-0.1, -0.05) is 19.1 Å². The van der Waals surface area contributed by atoms with Crippen molar-refractivity contribution in [2.75, 3.05) is 40.4 Å². The molecule has 1 aliphatic rings. The SMILES string of the molecule is CCCOc1ccc(C2C(=C(O)c3ccc(OCC)cc3C)C(=O)C(=O)N2CCN(C)C)cc1. The van der Waals surface area contributed by atoms with Crippen molar-refractivity contribution in [2.24, 2.45) is 0 Å². The number of ketones is 1. The molecule has 0 radical (unpaired) electrons. The Labute approximate surface area is 201 Å². The molecule has 2 aromatic rings. The van der Waals surface area contributed by atoms with Crippen LogP contribution in [0.5, 0.6) is 11.5 Å². The molecule has 7 heteroatoms. The number of Topliss-reactive ketones (excluding diaryl/α,β-unsaturated/α-hetero) is 1. The number of hydrogen-bond acceptors (Lipinski definition) is 6. The highest BCUT2D eigenvalue weighted by atomic mass is 16.5. The molecule has 1 aliphatic heterocycles. The molecule has 1 N–H and O–H groups in total. The van der Waals surface area contributed by atoms with Crippen molar-refractivity contribution in [3.05, 3.63) is 64.7 Å². The van der Waals surface area contributed by atoms with E-state index in [9.17, 15) is 14.7 Å². The summed E-state index contributed by atoms with van der Waals surface area (Å²) in [6, 6.07) is 12.0. The molecule has 3 rings (SSSR count). The molecule has 1 unspecified atom stereocenters. The molecular formula is C27H34N2O5. The van der Waals surface area contributed by atoms with E-state index in [4.69, 9.17) is 9.47 Å². The molecule has 1 fully saturated rings. The highest BCUT2D eigenvalue weighted by Gasteiger charge is 2.46. The number of ether oxygens (including phenoxy) is 2. The molecule has 0 bridgehead atoms. The van der Waals surface area contributed by atoms with Gasteiger partial charge in [0.1, 0.15) is 17.3 Å². The molecule has 1 saturated heterocycles. The Morgan fingerprint density at radius 1 is 1.03 bits per heavy atom. The van der Waals surface area contributed by atoms with Crippen molar-refractivity contribution < 1.29 is 24.2 Å². The number of aliphatic hydroxyl groups is 1. The Morgan fingerprint density at radius 2 is 1.71 bits per heavy atom. The quantitative estimate of drug-likeness (QED) is 0.322. The normalized spacial score (nSPS) is 17.5. The van der Waals surface area contributed by atoms with Crippen LogP contribution in [0.25, 0.3) is 5.76 Å². The van der Waals surface area contributed by atoms with Crippen LogP contribution >= 0.6 is 0 Å². The monoisotopic (exact) mass is 466 g/mol. The molecule has 0 saturated carbocycles. The number of nitrogens with zero attached hydrogens (tertiary/aromatic N) is 2. The van der Waals surface area contributed by atoms with Crippen LogP contribution in [0.2, 0.25) is 0 Å². The van der Waals surface area contributed by atoms with E-state index >= 15 is 0 Å². The van der Waals surface area contributed by atoms with Gasteiger partial charge in [-0.2, -0.15) is 0 Å². The predicted molar refractivity (Wildman–Crippen MR) is 132 cm³/mol. The summed E-state index contributed by atoms with van der Waals surface area (Å²) < 4.78 is 11.2. The fourth-order valence-corrected chi connectivity index (χ4v) is 4.03. The lowest BCUT2D eigenvalue weighted by Gasteiger charge is -2.26. The largest absolute Gasteiger partial charge is 0.507 e. The summed E-state index contributed by atoms with van der Waals surface area (Å²) >= 11 is 0. The predicted octanol–water partition coefficient (Wildman–Crippen LogP) is 4.17. The number of benzene rings is 2. The van der Waals surface area contributed by atoms with Crippen LogP contribution in [-0.4, -0.2) is 67.0 Å². The minimum Gasteiger partial charge on any atom is -0.507 e. The standard InChI is InChI=1S/C27H34N2O5/c1-6-16-34-20-10-8-19(9-11-20)24-23(26(31)27(32)29(24)15-14-28(4)5)25(30)22-13-12-21(33-7-2)17-18(22)3/h8-13,17,24,30H,6-7,14-16H2,1-5H3. The smallest absolute Gasteiger partial charge is 0.295 e. The Balaban J connectivity index is 2.09. The molecule has 0 spiro atoms. The summed E-state index contributed by atoms with van der Waals surface area (Å²) in [6.45, 7) is 7.86. The van der Waals surface area contributed by atoms with E-state index in [1.807, 2.05) is 70.1 Å². The zero-order valence-corrected chi connectivity index (χ0v) is 20.6. The van der Waals surface area contributed by atoms with Crippen LogP contribution in [0.4, 0.5) is 0 Å². The molecule has 7 nitrogen and oxygen atoms in total. The highest BCUT2D eigenvalue weighted by molar-refractivity contribution is 6.46. The zero-order chi connectivity index (χ0) is 24.8. The lowest BCUT2D eigenvalue weighted by molar-refractivity contribution is -0.140. The van der Waals surface area contributed by atoms with Gasteiger partial charge in [0.2, 0.25) is 0 Å². The van der Waals surface area contributed by atoms with E-state index in [1.54, 1.807) is 17.0 Å². The summed E-state index contributed by atoms with van der Waals surface area (Å²) in [7, 11) is 3.82. The van der Waals surface area contributed by atoms with Crippen molar-refractivity contribution >= 4 is 17.4 Å². The van der Waals surface area contributed by atoms with Gasteiger partial charge < -0.3 is 24.4 Å². The number of aliphatic hydroxyl groups excluding tert-OH is 1. The molecule has 1 amide bonds. The number of aryl methyl sites for hydroxylation is 1. The third kappa shape index (κ3) is 5.42. The van der Waals surface area contributed by atoms with Crippen LogP contribution < -0.4 is 9.47 Å². The van der Waals surface area contributed by atoms with Crippen molar-refractivity contribution in [1.29, 1.82) is 0 Å². The van der Waals surface area contributed by atoms with Gasteiger partial charge in [-0.15, -0.1) is 0 Å². The number of carbonyl (C=O) groups excluding carboxylic acids is 2. The number of hydrogen-bond donors (Lipinski definition) is 1. The average Bonchev–Trinajstić information content (AvgIpc) is 3.06. The average molecular weight is 467 g/mol. The molecule has 182 valence electrons. The van der Waals surface area contributed by atoms with E-state index in [-0.39, 0.29) is 11.3 Å². The van der Waals surface area contributed by atoms with Crippen molar-refractivity contribution in [3.63, 3.8) is 0 Å². The Kier molecular flexibility index (Phi) is 8.34. The molecule has 1 heterocycles. The number of likely N-dealkylation sites (N-methyl/N-ethyl adjacent to an activating group) is 1. The third-order valence-corrected chi connectivity index (χ3v) is 5.76. The maximum atomic E-state index is 13.2. The van der Waals surface area contributed by atoms with Crippen molar-refractivity contribution in [3.8, 4) is 11.5 Å². The summed E-state index contributed by atoms with van der Waals surface area (Å²) in [5.74, 6) is -0.0629. The van der Waals surface area contributed by atoms with Gasteiger partial charge in [-0.3, -0.25) is 9.59 Å². The lowest BCUT2D eigenvalue weighted by atomic mass is 9.94. The molecular weight excluding hydrogens is 432 g/mol. The van der Waals surface area contributed by atoms with E-state index < -0.39 is 17.7 Å². The molecule has 2 aromatic carbocycles. The van der Waals surface area contributed by atoms with E-state index in [1.165, 1.54) is 0 Å². The summed E-state index contributed by atoms with van der Waals surface area (Å²) in [6.07, 6.45) is 0.897. The maximum Gasteiger partial charge on any atom is 0.295 e. The van der Waals surface area contributed by atoms with Crippen LogP contribution in [0.3, 0.4) is 0 Å². The highest BCUT2D eigenvalue weighted by Crippen LogP contribution is 2.40. The molecule has 0 aliphatic carbocycles. The zero-order valence-electron chi connectivity index (χ0n) is 20.6. The van der Waals surface area contributed by atoms with Gasteiger partial charge >= 0.3 is 0 Å². The Hall–Kier alpha value is -3.32. The van der Waals surface area contributed by atoms with Crippen molar-refractivity contribution in [1.82, 2.24) is 9.80 Å². The minimum atomic E-state index is -0.689. The first-order valence-corrected chi connectivity index (χ1v) is 11.7. The third-order valence-electron chi connectivity index (χ3n) is 5.76.